The van der Waals surface area contributed by atoms with Crippen molar-refractivity contribution in [2.24, 2.45) is 5.92 Å². The van der Waals surface area contributed by atoms with Crippen molar-refractivity contribution in [3.05, 3.63) is 51.0 Å². The van der Waals surface area contributed by atoms with Crippen LogP contribution in [-0.2, 0) is 11.3 Å². The van der Waals surface area contributed by atoms with Crippen molar-refractivity contribution in [3.8, 4) is 0 Å². The number of nitrogens with one attached hydrogen (secondary N) is 1. The molecule has 1 N–H and O–H groups in total. The number of pyridine rings is 1. The molecule has 35 heavy (non-hydrogen) atoms. The van der Waals surface area contributed by atoms with Crippen LogP contribution in [0.3, 0.4) is 0 Å². The highest BCUT2D eigenvalue weighted by atomic mass is 32.1. The number of methoxy groups -OCH3 is 1. The lowest BCUT2D eigenvalue weighted by atomic mass is 9.97. The summed E-state index contributed by atoms with van der Waals surface area (Å²) >= 11 is 1.23. The highest BCUT2D eigenvalue weighted by Gasteiger charge is 2.26. The second-order valence-electron chi connectivity index (χ2n) is 9.46. The van der Waals surface area contributed by atoms with Crippen LogP contribution >= 0.6 is 11.3 Å². The predicted molar refractivity (Wildman–Crippen MR) is 137 cm³/mol. The van der Waals surface area contributed by atoms with Gasteiger partial charge < -0.3 is 14.6 Å². The third-order valence-corrected chi connectivity index (χ3v) is 8.22. The molecule has 2 aliphatic rings. The van der Waals surface area contributed by atoms with E-state index in [1.165, 1.54) is 24.9 Å². The third-order valence-electron chi connectivity index (χ3n) is 7.06. The molecular weight excluding hydrogens is 464 g/mol. The molecule has 5 heterocycles. The molecule has 0 radical (unpaired) electrons. The Balaban J connectivity index is 1.19. The van der Waals surface area contributed by atoms with E-state index in [0.29, 0.717) is 38.9 Å². The van der Waals surface area contributed by atoms with Crippen LogP contribution in [0.1, 0.15) is 33.9 Å². The van der Waals surface area contributed by atoms with Crippen LogP contribution in [0.25, 0.3) is 10.2 Å². The van der Waals surface area contributed by atoms with E-state index in [9.17, 15) is 9.59 Å². The molecule has 3 aromatic rings. The maximum absolute atomic E-state index is 12.8. The summed E-state index contributed by atoms with van der Waals surface area (Å²) in [5, 5.41) is 0.487. The number of hydrogen-bond acceptors (Lipinski definition) is 9. The summed E-state index contributed by atoms with van der Waals surface area (Å²) in [7, 11) is 1.35. The zero-order chi connectivity index (χ0) is 24.4. The highest BCUT2D eigenvalue weighted by molar-refractivity contribution is 7.20. The first-order chi connectivity index (χ1) is 17.0. The molecule has 10 heteroatoms. The number of fused-ring (bicyclic) bond motifs is 1. The number of piperazine rings is 1. The second kappa shape index (κ2) is 10.4. The summed E-state index contributed by atoms with van der Waals surface area (Å²) in [5.74, 6) is 1.90. The molecule has 0 amide bonds. The first-order valence-electron chi connectivity index (χ1n) is 12.2. The average Bonchev–Trinajstić information content (AvgIpc) is 3.21. The standard InChI is InChI=1S/C25H32N6O3S/c1-17-21-23(32)27-19(28-24(21)35-22(17)25(33)34-2)16-30-9-5-6-18(15-30)14-29-10-12-31(13-11-29)20-7-3-4-8-26-20/h3-4,7-8,18H,5-6,9-16H2,1-2H3,(H,27,28,32). The van der Waals surface area contributed by atoms with Gasteiger partial charge >= 0.3 is 5.97 Å². The fraction of sp³-hybridized carbons (Fsp3) is 0.520. The maximum Gasteiger partial charge on any atom is 0.348 e. The van der Waals surface area contributed by atoms with Gasteiger partial charge in [0.25, 0.3) is 5.56 Å². The number of rotatable bonds is 6. The number of anilines is 1. The Hall–Kier alpha value is -2.82. The van der Waals surface area contributed by atoms with Crippen molar-refractivity contribution in [1.82, 2.24) is 24.8 Å². The van der Waals surface area contributed by atoms with E-state index < -0.39 is 5.97 Å². The van der Waals surface area contributed by atoms with Gasteiger partial charge in [-0.15, -0.1) is 11.3 Å². The van der Waals surface area contributed by atoms with Gasteiger partial charge in [0, 0.05) is 45.5 Å². The Kier molecular flexibility index (Phi) is 7.12. The van der Waals surface area contributed by atoms with Gasteiger partial charge in [0.15, 0.2) is 0 Å². The zero-order valence-corrected chi connectivity index (χ0v) is 21.1. The average molecular weight is 497 g/mol. The summed E-state index contributed by atoms with van der Waals surface area (Å²) in [4.78, 5) is 45.3. The van der Waals surface area contributed by atoms with Crippen LogP contribution in [0.15, 0.2) is 29.2 Å². The van der Waals surface area contributed by atoms with Gasteiger partial charge in [0.2, 0.25) is 0 Å². The van der Waals surface area contributed by atoms with Crippen molar-refractivity contribution >= 4 is 33.3 Å². The van der Waals surface area contributed by atoms with Crippen LogP contribution in [-0.4, -0.2) is 83.6 Å². The number of hydrogen-bond donors (Lipinski definition) is 1. The van der Waals surface area contributed by atoms with E-state index in [1.807, 2.05) is 18.3 Å². The Labute approximate surface area is 208 Å². The molecule has 0 aliphatic carbocycles. The molecular formula is C25H32N6O3S. The molecule has 0 aromatic carbocycles. The molecule has 3 aromatic heterocycles. The van der Waals surface area contributed by atoms with E-state index in [4.69, 9.17) is 9.72 Å². The van der Waals surface area contributed by atoms with Gasteiger partial charge in [0.1, 0.15) is 21.3 Å². The fourth-order valence-electron chi connectivity index (χ4n) is 5.27. The Morgan fingerprint density at radius 2 is 2.03 bits per heavy atom. The summed E-state index contributed by atoms with van der Waals surface area (Å²) < 4.78 is 4.85. The predicted octanol–water partition coefficient (Wildman–Crippen LogP) is 2.51. The number of aryl methyl sites for hydroxylation is 1. The first kappa shape index (κ1) is 23.9. The molecule has 0 saturated carbocycles. The lowest BCUT2D eigenvalue weighted by Gasteiger charge is -2.39. The number of nitrogens with zero attached hydrogens (tertiary/aromatic N) is 5. The van der Waals surface area contributed by atoms with Crippen LogP contribution in [0.4, 0.5) is 5.82 Å². The van der Waals surface area contributed by atoms with Gasteiger partial charge in [-0.25, -0.2) is 14.8 Å². The molecule has 186 valence electrons. The van der Waals surface area contributed by atoms with E-state index in [0.717, 1.165) is 58.1 Å². The molecule has 2 saturated heterocycles. The zero-order valence-electron chi connectivity index (χ0n) is 20.3. The van der Waals surface area contributed by atoms with Crippen LogP contribution in [0.5, 0.6) is 0 Å². The number of carbonyl (C=O) groups excluding carboxylic acids is 1. The van der Waals surface area contributed by atoms with E-state index in [-0.39, 0.29) is 5.56 Å². The Morgan fingerprint density at radius 1 is 1.20 bits per heavy atom. The topological polar surface area (TPSA) is 94.7 Å². The smallest absolute Gasteiger partial charge is 0.348 e. The van der Waals surface area contributed by atoms with Crippen molar-refractivity contribution < 1.29 is 9.53 Å². The van der Waals surface area contributed by atoms with Gasteiger partial charge in [-0.3, -0.25) is 14.6 Å². The van der Waals surface area contributed by atoms with Crippen molar-refractivity contribution in [1.29, 1.82) is 0 Å². The lowest BCUT2D eigenvalue weighted by molar-refractivity contribution is 0.0605. The summed E-state index contributed by atoms with van der Waals surface area (Å²) in [6.45, 7) is 9.60. The minimum absolute atomic E-state index is 0.187. The van der Waals surface area contributed by atoms with E-state index in [1.54, 1.807) is 6.92 Å². The minimum Gasteiger partial charge on any atom is -0.465 e. The monoisotopic (exact) mass is 496 g/mol. The van der Waals surface area contributed by atoms with Gasteiger partial charge in [-0.2, -0.15) is 0 Å². The van der Waals surface area contributed by atoms with Crippen molar-refractivity contribution in [2.75, 3.05) is 57.8 Å². The number of thiophene rings is 1. The number of H-pyrrole nitrogens is 1. The third kappa shape index (κ3) is 5.24. The number of likely N-dealkylation sites (tertiary alicyclic amines) is 1. The molecule has 1 unspecified atom stereocenters. The highest BCUT2D eigenvalue weighted by Crippen LogP contribution is 2.28. The normalized spacial score (nSPS) is 19.8. The minimum atomic E-state index is -0.425. The molecule has 9 nitrogen and oxygen atoms in total. The molecule has 0 spiro atoms. The SMILES string of the molecule is COC(=O)c1sc2nc(CN3CCCC(CN4CCN(c5ccccn5)CC4)C3)[nH]c(=O)c2c1C. The molecule has 1 atom stereocenters. The van der Waals surface area contributed by atoms with Gasteiger partial charge in [-0.05, 0) is 49.9 Å². The Bertz CT molecular complexity index is 1240. The molecule has 2 aliphatic heterocycles. The number of esters is 1. The second-order valence-corrected chi connectivity index (χ2v) is 10.5. The summed E-state index contributed by atoms with van der Waals surface area (Å²) in [5.41, 5.74) is 0.451. The molecule has 5 rings (SSSR count). The van der Waals surface area contributed by atoms with Gasteiger partial charge in [0.05, 0.1) is 19.0 Å². The number of ether oxygens (including phenoxy) is 1. The maximum atomic E-state index is 12.8. The number of carbonyl (C=O) groups is 1. The van der Waals surface area contributed by atoms with Crippen LogP contribution in [0, 0.1) is 12.8 Å². The quantitative estimate of drug-likeness (QED) is 0.521. The van der Waals surface area contributed by atoms with E-state index in [2.05, 4.69) is 30.7 Å². The van der Waals surface area contributed by atoms with E-state index >= 15 is 0 Å². The molecule has 0 bridgehead atoms. The van der Waals surface area contributed by atoms with Crippen molar-refractivity contribution in [3.63, 3.8) is 0 Å². The molecule has 2 fully saturated rings. The summed E-state index contributed by atoms with van der Waals surface area (Å²) in [6.07, 6.45) is 4.23. The fourth-order valence-corrected chi connectivity index (χ4v) is 6.39. The Morgan fingerprint density at radius 3 is 2.77 bits per heavy atom. The first-order valence-corrected chi connectivity index (χ1v) is 13.0. The van der Waals surface area contributed by atoms with Gasteiger partial charge in [-0.1, -0.05) is 6.07 Å². The van der Waals surface area contributed by atoms with Crippen molar-refractivity contribution in [2.45, 2.75) is 26.3 Å². The number of aromatic nitrogens is 3. The summed E-state index contributed by atoms with van der Waals surface area (Å²) in [6, 6.07) is 6.08. The number of piperidine rings is 1. The van der Waals surface area contributed by atoms with Crippen LogP contribution in [0.2, 0.25) is 0 Å². The van der Waals surface area contributed by atoms with Crippen LogP contribution < -0.4 is 10.5 Å². The lowest BCUT2D eigenvalue weighted by Crippen LogP contribution is -2.49. The largest absolute Gasteiger partial charge is 0.465 e. The number of aromatic amines is 1.